The maximum Gasteiger partial charge on any atom is 0.271 e. The van der Waals surface area contributed by atoms with Gasteiger partial charge in [0, 0.05) is 18.7 Å². The van der Waals surface area contributed by atoms with Gasteiger partial charge in [0.15, 0.2) is 4.34 Å². The lowest BCUT2D eigenvalue weighted by Gasteiger charge is -2.13. The summed E-state index contributed by atoms with van der Waals surface area (Å²) in [5.41, 5.74) is 0.124. The molecule has 0 saturated carbocycles. The minimum atomic E-state index is -0.528. The van der Waals surface area contributed by atoms with Gasteiger partial charge in [0.2, 0.25) is 11.0 Å². The van der Waals surface area contributed by atoms with Gasteiger partial charge in [-0.3, -0.25) is 14.9 Å². The van der Waals surface area contributed by atoms with Crippen molar-refractivity contribution in [1.82, 2.24) is 10.2 Å². The lowest BCUT2D eigenvalue weighted by molar-refractivity contribution is -0.384. The van der Waals surface area contributed by atoms with Crippen LogP contribution in [0.3, 0.4) is 0 Å². The highest BCUT2D eigenvalue weighted by molar-refractivity contribution is 8.02. The number of nitrogens with one attached hydrogen (secondary N) is 2. The number of methoxy groups -OCH3 is 1. The first-order chi connectivity index (χ1) is 12.4. The van der Waals surface area contributed by atoms with Gasteiger partial charge in [-0.1, -0.05) is 30.0 Å². The second-order valence-corrected chi connectivity index (χ2v) is 7.76. The first-order valence-corrected chi connectivity index (χ1v) is 9.51. The molecule has 1 aromatic heterocycles. The van der Waals surface area contributed by atoms with E-state index in [4.69, 9.17) is 4.74 Å². The average Bonchev–Trinajstić information content (AvgIpc) is 3.06. The second kappa shape index (κ2) is 9.34. The monoisotopic (exact) mass is 397 g/mol. The van der Waals surface area contributed by atoms with Gasteiger partial charge in [0.05, 0.1) is 23.0 Å². The number of amides is 1. The van der Waals surface area contributed by atoms with Crippen LogP contribution in [0, 0.1) is 10.1 Å². The number of hydrogen-bond acceptors (Lipinski definition) is 9. The Morgan fingerprint density at radius 2 is 2.23 bits per heavy atom. The van der Waals surface area contributed by atoms with E-state index in [1.54, 1.807) is 6.92 Å². The number of aromatic nitrogens is 2. The summed E-state index contributed by atoms with van der Waals surface area (Å²) in [4.78, 5) is 22.8. The van der Waals surface area contributed by atoms with Crippen LogP contribution >= 0.6 is 23.1 Å². The Labute approximate surface area is 158 Å². The molecule has 0 aliphatic rings. The number of nitrogens with zero attached hydrogens (tertiary/aromatic N) is 3. The van der Waals surface area contributed by atoms with Gasteiger partial charge in [-0.25, -0.2) is 0 Å². The van der Waals surface area contributed by atoms with Crippen molar-refractivity contribution < 1.29 is 14.5 Å². The van der Waals surface area contributed by atoms with Gasteiger partial charge in [-0.2, -0.15) is 0 Å². The number of carbonyl (C=O) groups excluding carboxylic acids is 1. The number of benzene rings is 1. The molecule has 2 rings (SSSR count). The molecule has 0 aliphatic carbocycles. The van der Waals surface area contributed by atoms with Crippen molar-refractivity contribution in [3.63, 3.8) is 0 Å². The summed E-state index contributed by atoms with van der Waals surface area (Å²) in [6.07, 6.45) is 0.978. The fourth-order valence-corrected chi connectivity index (χ4v) is 3.83. The molecular formula is C15H19N5O4S2. The SMILES string of the molecule is CCCNc1nnc(SC(C)C(=O)Nc2cc([N+](=O)[O-])ccc2OC)s1. The third kappa shape index (κ3) is 5.30. The van der Waals surface area contributed by atoms with Gasteiger partial charge in [0.1, 0.15) is 5.75 Å². The topological polar surface area (TPSA) is 119 Å². The van der Waals surface area contributed by atoms with Crippen molar-refractivity contribution in [2.75, 3.05) is 24.3 Å². The van der Waals surface area contributed by atoms with E-state index >= 15 is 0 Å². The van der Waals surface area contributed by atoms with E-state index < -0.39 is 10.2 Å². The molecule has 1 aromatic carbocycles. The summed E-state index contributed by atoms with van der Waals surface area (Å²) in [7, 11) is 1.43. The highest BCUT2D eigenvalue weighted by Gasteiger charge is 2.20. The maximum absolute atomic E-state index is 12.4. The number of hydrogen-bond donors (Lipinski definition) is 2. The number of non-ortho nitro benzene ring substituents is 1. The van der Waals surface area contributed by atoms with Crippen molar-refractivity contribution in [2.24, 2.45) is 0 Å². The first-order valence-electron chi connectivity index (χ1n) is 7.82. The summed E-state index contributed by atoms with van der Waals surface area (Å²) < 4.78 is 5.81. The van der Waals surface area contributed by atoms with Crippen LogP contribution in [-0.2, 0) is 4.79 Å². The summed E-state index contributed by atoms with van der Waals surface area (Å²) in [6, 6.07) is 4.03. The third-order valence-electron chi connectivity index (χ3n) is 3.23. The molecule has 0 bridgehead atoms. The van der Waals surface area contributed by atoms with E-state index in [-0.39, 0.29) is 17.3 Å². The van der Waals surface area contributed by atoms with Crippen LogP contribution in [0.4, 0.5) is 16.5 Å². The molecule has 0 radical (unpaired) electrons. The Kier molecular flexibility index (Phi) is 7.16. The number of ether oxygens (including phenoxy) is 1. The van der Waals surface area contributed by atoms with Gasteiger partial charge in [-0.05, 0) is 19.4 Å². The molecule has 11 heteroatoms. The molecule has 26 heavy (non-hydrogen) atoms. The molecule has 1 atom stereocenters. The lowest BCUT2D eigenvalue weighted by Crippen LogP contribution is -2.22. The fourth-order valence-electron chi connectivity index (χ4n) is 1.91. The van der Waals surface area contributed by atoms with E-state index in [2.05, 4.69) is 27.8 Å². The van der Waals surface area contributed by atoms with Gasteiger partial charge in [0.25, 0.3) is 5.69 Å². The Morgan fingerprint density at radius 1 is 1.46 bits per heavy atom. The van der Waals surface area contributed by atoms with Crippen LogP contribution < -0.4 is 15.4 Å². The zero-order chi connectivity index (χ0) is 19.1. The lowest BCUT2D eigenvalue weighted by atomic mass is 10.2. The van der Waals surface area contributed by atoms with Crippen molar-refractivity contribution in [2.45, 2.75) is 29.9 Å². The van der Waals surface area contributed by atoms with Crippen LogP contribution in [0.25, 0.3) is 0 Å². The summed E-state index contributed by atoms with van der Waals surface area (Å²) >= 11 is 2.64. The minimum absolute atomic E-state index is 0.128. The average molecular weight is 397 g/mol. The van der Waals surface area contributed by atoms with Crippen LogP contribution in [0.5, 0.6) is 5.75 Å². The highest BCUT2D eigenvalue weighted by atomic mass is 32.2. The molecule has 140 valence electrons. The van der Waals surface area contributed by atoms with Crippen LogP contribution in [0.1, 0.15) is 20.3 Å². The molecule has 2 N–H and O–H groups in total. The second-order valence-electron chi connectivity index (χ2n) is 5.19. The number of nitro benzene ring substituents is 1. The Balaban J connectivity index is 2.03. The van der Waals surface area contributed by atoms with Gasteiger partial charge >= 0.3 is 0 Å². The molecule has 0 fully saturated rings. The highest BCUT2D eigenvalue weighted by Crippen LogP contribution is 2.32. The van der Waals surface area contributed by atoms with Crippen molar-refractivity contribution in [3.8, 4) is 5.75 Å². The van der Waals surface area contributed by atoms with Crippen LogP contribution in [-0.4, -0.2) is 39.9 Å². The van der Waals surface area contributed by atoms with E-state index in [1.807, 2.05) is 0 Å². The number of nitro groups is 1. The fraction of sp³-hybridized carbons (Fsp3) is 0.400. The summed E-state index contributed by atoms with van der Waals surface area (Å²) in [5, 5.41) is 25.0. The molecular weight excluding hydrogens is 378 g/mol. The smallest absolute Gasteiger partial charge is 0.271 e. The Bertz CT molecular complexity index is 783. The summed E-state index contributed by atoms with van der Waals surface area (Å²) in [5.74, 6) is 0.0372. The zero-order valence-electron chi connectivity index (χ0n) is 14.5. The van der Waals surface area contributed by atoms with E-state index in [0.717, 1.165) is 13.0 Å². The zero-order valence-corrected chi connectivity index (χ0v) is 16.1. The maximum atomic E-state index is 12.4. The Morgan fingerprint density at radius 3 is 2.88 bits per heavy atom. The molecule has 1 amide bonds. The third-order valence-corrected chi connectivity index (χ3v) is 5.30. The minimum Gasteiger partial charge on any atom is -0.495 e. The quantitative estimate of drug-likeness (QED) is 0.375. The summed E-state index contributed by atoms with van der Waals surface area (Å²) in [6.45, 7) is 4.59. The first kappa shape index (κ1) is 19.9. The largest absolute Gasteiger partial charge is 0.495 e. The molecule has 1 heterocycles. The predicted octanol–water partition coefficient (Wildman–Crippen LogP) is 3.40. The van der Waals surface area contributed by atoms with Gasteiger partial charge < -0.3 is 15.4 Å². The molecule has 0 aliphatic heterocycles. The van der Waals surface area contributed by atoms with Crippen molar-refractivity contribution in [1.29, 1.82) is 0 Å². The predicted molar refractivity (Wildman–Crippen MR) is 102 cm³/mol. The molecule has 9 nitrogen and oxygen atoms in total. The molecule has 0 spiro atoms. The Hall–Kier alpha value is -2.40. The standard InChI is InChI=1S/C15H19N5O4S2/c1-4-7-16-14-18-19-15(26-14)25-9(2)13(21)17-11-8-10(20(22)23)5-6-12(11)24-3/h5-6,8-9H,4,7H2,1-3H3,(H,16,18)(H,17,21). The van der Waals surface area contributed by atoms with Crippen LogP contribution in [0.15, 0.2) is 22.5 Å². The van der Waals surface area contributed by atoms with E-state index in [9.17, 15) is 14.9 Å². The number of anilines is 2. The molecule has 1 unspecified atom stereocenters. The molecule has 0 saturated heterocycles. The molecule has 2 aromatic rings. The number of carbonyl (C=O) groups is 1. The normalized spacial score (nSPS) is 11.7. The van der Waals surface area contributed by atoms with Crippen molar-refractivity contribution >= 4 is 45.5 Å². The van der Waals surface area contributed by atoms with Crippen LogP contribution in [0.2, 0.25) is 0 Å². The van der Waals surface area contributed by atoms with Gasteiger partial charge in [-0.15, -0.1) is 10.2 Å². The number of rotatable bonds is 9. The van der Waals surface area contributed by atoms with E-state index in [1.165, 1.54) is 48.4 Å². The van der Waals surface area contributed by atoms with Crippen molar-refractivity contribution in [3.05, 3.63) is 28.3 Å². The van der Waals surface area contributed by atoms with E-state index in [0.29, 0.717) is 15.2 Å². The number of thioether (sulfide) groups is 1.